The van der Waals surface area contributed by atoms with Gasteiger partial charge in [0, 0.05) is 11.0 Å². The summed E-state index contributed by atoms with van der Waals surface area (Å²) in [6, 6.07) is 7.90. The SMILES string of the molecule is CCC(Br)C(=O)NCc1cccc(Br)c1. The van der Waals surface area contributed by atoms with Crippen LogP contribution < -0.4 is 5.32 Å². The van der Waals surface area contributed by atoms with E-state index in [1.54, 1.807) is 0 Å². The quantitative estimate of drug-likeness (QED) is 0.841. The standard InChI is InChI=1S/C11H13Br2NO/c1-2-10(13)11(15)14-7-8-4-3-5-9(12)6-8/h3-6,10H,2,7H2,1H3,(H,14,15). The molecule has 1 unspecified atom stereocenters. The molecule has 1 aromatic rings. The van der Waals surface area contributed by atoms with Gasteiger partial charge < -0.3 is 5.32 Å². The highest BCUT2D eigenvalue weighted by molar-refractivity contribution is 9.10. The van der Waals surface area contributed by atoms with Crippen molar-refractivity contribution in [2.24, 2.45) is 0 Å². The molecule has 0 spiro atoms. The van der Waals surface area contributed by atoms with Crippen LogP contribution in [0.3, 0.4) is 0 Å². The Labute approximate surface area is 107 Å². The largest absolute Gasteiger partial charge is 0.351 e. The maximum absolute atomic E-state index is 11.5. The van der Waals surface area contributed by atoms with Crippen molar-refractivity contribution in [1.29, 1.82) is 0 Å². The number of carbonyl (C=O) groups is 1. The van der Waals surface area contributed by atoms with Crippen molar-refractivity contribution in [2.75, 3.05) is 0 Å². The third-order valence-electron chi connectivity index (χ3n) is 2.00. The van der Waals surface area contributed by atoms with Crippen molar-refractivity contribution >= 4 is 37.8 Å². The summed E-state index contributed by atoms with van der Waals surface area (Å²) in [4.78, 5) is 11.4. The van der Waals surface area contributed by atoms with E-state index in [-0.39, 0.29) is 10.7 Å². The van der Waals surface area contributed by atoms with Gasteiger partial charge in [-0.05, 0) is 24.1 Å². The summed E-state index contributed by atoms with van der Waals surface area (Å²) in [5.41, 5.74) is 1.09. The molecule has 0 saturated heterocycles. The molecule has 1 rings (SSSR count). The van der Waals surface area contributed by atoms with Crippen LogP contribution in [0.25, 0.3) is 0 Å². The molecule has 0 bridgehead atoms. The van der Waals surface area contributed by atoms with Crippen LogP contribution in [0.2, 0.25) is 0 Å². The van der Waals surface area contributed by atoms with Crippen LogP contribution in [0.4, 0.5) is 0 Å². The van der Waals surface area contributed by atoms with E-state index in [1.165, 1.54) is 0 Å². The highest BCUT2D eigenvalue weighted by atomic mass is 79.9. The number of halogens is 2. The molecule has 1 atom stereocenters. The van der Waals surface area contributed by atoms with Gasteiger partial charge in [0.05, 0.1) is 4.83 Å². The first-order chi connectivity index (χ1) is 7.13. The summed E-state index contributed by atoms with van der Waals surface area (Å²) in [6.45, 7) is 2.54. The Balaban J connectivity index is 2.47. The van der Waals surface area contributed by atoms with Crippen LogP contribution in [0.1, 0.15) is 18.9 Å². The van der Waals surface area contributed by atoms with E-state index in [4.69, 9.17) is 0 Å². The highest BCUT2D eigenvalue weighted by Crippen LogP contribution is 2.11. The average Bonchev–Trinajstić information content (AvgIpc) is 2.25. The van der Waals surface area contributed by atoms with E-state index in [0.717, 1.165) is 16.5 Å². The second-order valence-corrected chi connectivity index (χ2v) is 5.24. The summed E-state index contributed by atoms with van der Waals surface area (Å²) < 4.78 is 1.03. The molecule has 0 aliphatic heterocycles. The lowest BCUT2D eigenvalue weighted by Crippen LogP contribution is -2.30. The molecule has 1 amide bonds. The first-order valence-corrected chi connectivity index (χ1v) is 6.50. The molecule has 0 aromatic heterocycles. The predicted octanol–water partition coefficient (Wildman–Crippen LogP) is 3.24. The van der Waals surface area contributed by atoms with Crippen molar-refractivity contribution in [3.05, 3.63) is 34.3 Å². The maximum Gasteiger partial charge on any atom is 0.234 e. The molecule has 0 radical (unpaired) electrons. The van der Waals surface area contributed by atoms with Gasteiger partial charge in [-0.3, -0.25) is 4.79 Å². The highest BCUT2D eigenvalue weighted by Gasteiger charge is 2.11. The second-order valence-electron chi connectivity index (χ2n) is 3.22. The zero-order valence-electron chi connectivity index (χ0n) is 8.47. The van der Waals surface area contributed by atoms with Crippen LogP contribution >= 0.6 is 31.9 Å². The average molecular weight is 335 g/mol. The second kappa shape index (κ2) is 6.28. The fraction of sp³-hybridized carbons (Fsp3) is 0.364. The van der Waals surface area contributed by atoms with Crippen molar-refractivity contribution in [1.82, 2.24) is 5.32 Å². The Bertz CT molecular complexity index is 341. The minimum absolute atomic E-state index is 0.0393. The number of benzene rings is 1. The Kier molecular flexibility index (Phi) is 5.32. The minimum atomic E-state index is -0.0929. The third kappa shape index (κ3) is 4.34. The molecule has 0 aliphatic rings. The van der Waals surface area contributed by atoms with Crippen LogP contribution in [-0.4, -0.2) is 10.7 Å². The number of alkyl halides is 1. The summed E-state index contributed by atoms with van der Waals surface area (Å²) >= 11 is 6.70. The normalized spacial score (nSPS) is 12.2. The van der Waals surface area contributed by atoms with E-state index < -0.39 is 0 Å². The smallest absolute Gasteiger partial charge is 0.234 e. The summed E-state index contributed by atoms with van der Waals surface area (Å²) in [5, 5.41) is 2.87. The van der Waals surface area contributed by atoms with Crippen LogP contribution in [0.5, 0.6) is 0 Å². The molecule has 15 heavy (non-hydrogen) atoms. The predicted molar refractivity (Wildman–Crippen MR) is 69.0 cm³/mol. The topological polar surface area (TPSA) is 29.1 Å². The Morgan fingerprint density at radius 3 is 2.87 bits per heavy atom. The van der Waals surface area contributed by atoms with Gasteiger partial charge in [-0.1, -0.05) is 50.9 Å². The lowest BCUT2D eigenvalue weighted by atomic mass is 10.2. The molecule has 1 N–H and O–H groups in total. The first-order valence-electron chi connectivity index (χ1n) is 4.79. The van der Waals surface area contributed by atoms with Gasteiger partial charge >= 0.3 is 0 Å². The summed E-state index contributed by atoms with van der Waals surface area (Å²) in [5.74, 6) is 0.0393. The fourth-order valence-electron chi connectivity index (χ4n) is 1.13. The number of nitrogens with one attached hydrogen (secondary N) is 1. The summed E-state index contributed by atoms with van der Waals surface area (Å²) in [7, 11) is 0. The molecule has 0 saturated carbocycles. The fourth-order valence-corrected chi connectivity index (χ4v) is 1.74. The first kappa shape index (κ1) is 12.7. The van der Waals surface area contributed by atoms with Crippen molar-refractivity contribution < 1.29 is 4.79 Å². The van der Waals surface area contributed by atoms with E-state index in [1.807, 2.05) is 31.2 Å². The third-order valence-corrected chi connectivity index (χ3v) is 3.56. The minimum Gasteiger partial charge on any atom is -0.351 e. The molecular formula is C11H13Br2NO. The molecule has 0 fully saturated rings. The molecule has 82 valence electrons. The van der Waals surface area contributed by atoms with E-state index in [2.05, 4.69) is 37.2 Å². The van der Waals surface area contributed by atoms with Gasteiger partial charge in [-0.25, -0.2) is 0 Å². The Morgan fingerprint density at radius 2 is 2.27 bits per heavy atom. The van der Waals surface area contributed by atoms with E-state index >= 15 is 0 Å². The number of amides is 1. The van der Waals surface area contributed by atoms with Crippen LogP contribution in [0.15, 0.2) is 28.7 Å². The maximum atomic E-state index is 11.5. The molecular weight excluding hydrogens is 322 g/mol. The van der Waals surface area contributed by atoms with Gasteiger partial charge in [0.2, 0.25) is 5.91 Å². The number of rotatable bonds is 4. The number of hydrogen-bond donors (Lipinski definition) is 1. The van der Waals surface area contributed by atoms with Gasteiger partial charge in [0.1, 0.15) is 0 Å². The molecule has 1 aromatic carbocycles. The van der Waals surface area contributed by atoms with Gasteiger partial charge in [0.25, 0.3) is 0 Å². The van der Waals surface area contributed by atoms with Crippen molar-refractivity contribution in [3.8, 4) is 0 Å². The monoisotopic (exact) mass is 333 g/mol. The van der Waals surface area contributed by atoms with Gasteiger partial charge in [0.15, 0.2) is 0 Å². The Morgan fingerprint density at radius 1 is 1.53 bits per heavy atom. The van der Waals surface area contributed by atoms with Gasteiger partial charge in [-0.15, -0.1) is 0 Å². The van der Waals surface area contributed by atoms with Crippen LogP contribution in [-0.2, 0) is 11.3 Å². The summed E-state index contributed by atoms with van der Waals surface area (Å²) in [6.07, 6.45) is 0.796. The zero-order valence-corrected chi connectivity index (χ0v) is 11.6. The molecule has 4 heteroatoms. The van der Waals surface area contributed by atoms with Crippen LogP contribution in [0, 0.1) is 0 Å². The number of carbonyl (C=O) groups excluding carboxylic acids is 1. The van der Waals surface area contributed by atoms with Gasteiger partial charge in [-0.2, -0.15) is 0 Å². The molecule has 2 nitrogen and oxygen atoms in total. The van der Waals surface area contributed by atoms with Crippen molar-refractivity contribution in [3.63, 3.8) is 0 Å². The van der Waals surface area contributed by atoms with E-state index in [9.17, 15) is 4.79 Å². The zero-order chi connectivity index (χ0) is 11.3. The van der Waals surface area contributed by atoms with Crippen molar-refractivity contribution in [2.45, 2.75) is 24.7 Å². The lowest BCUT2D eigenvalue weighted by Gasteiger charge is -2.08. The van der Waals surface area contributed by atoms with E-state index in [0.29, 0.717) is 6.54 Å². The number of hydrogen-bond acceptors (Lipinski definition) is 1. The Hall–Kier alpha value is -0.350. The molecule has 0 heterocycles. The lowest BCUT2D eigenvalue weighted by molar-refractivity contribution is -0.120. The molecule has 0 aliphatic carbocycles.